The summed E-state index contributed by atoms with van der Waals surface area (Å²) in [4.78, 5) is 63.3. The van der Waals surface area contributed by atoms with Crippen LogP contribution in [0.25, 0.3) is 33.3 Å². The van der Waals surface area contributed by atoms with E-state index < -0.39 is 41.3 Å². The van der Waals surface area contributed by atoms with Crippen LogP contribution in [0.1, 0.15) is 103 Å². The molecule has 0 spiro atoms. The molecule has 2 aliphatic heterocycles. The summed E-state index contributed by atoms with van der Waals surface area (Å²) in [6.45, 7) is 13.1. The lowest BCUT2D eigenvalue weighted by Crippen LogP contribution is -2.62. The first-order chi connectivity index (χ1) is 30.5. The number of nitrogens with two attached hydrogens (primary N) is 1. The van der Waals surface area contributed by atoms with Gasteiger partial charge in [-0.05, 0) is 111 Å². The number of esters is 1. The topological polar surface area (TPSA) is 181 Å². The number of benzene rings is 2. The number of ether oxygens (including phenoxy) is 2. The Balaban J connectivity index is 1.33. The number of hydrogen-bond donors (Lipinski definition) is 4. The number of amides is 3. The zero-order valence-corrected chi connectivity index (χ0v) is 38.8. The fourth-order valence-electron chi connectivity index (χ4n) is 10.1. The average molecular weight is 878 g/mol. The molecule has 2 aromatic heterocycles. The van der Waals surface area contributed by atoms with Crippen LogP contribution < -0.4 is 16.5 Å². The third-order valence-electron chi connectivity index (χ3n) is 13.5. The van der Waals surface area contributed by atoms with E-state index in [0.717, 1.165) is 63.8 Å². The molecule has 1 saturated carbocycles. The Hall–Kier alpha value is -5.31. The second-order valence-corrected chi connectivity index (χ2v) is 19.2. The van der Waals surface area contributed by atoms with Gasteiger partial charge in [-0.25, -0.2) is 5.43 Å². The SMILES string of the molecule is CCn1c(-c2cccnc2[C@H](C)OC)c2c3cc(ccc31)-c1cc(O)cc(c1)C[C@H](NC(=O)[C@H](C(C)C)N(C)C(=O)C1CCCC[C@H]1N)C(=O)N1CCC[C@H](N1)C(=O)OCC(C)(C)C2. The van der Waals surface area contributed by atoms with Gasteiger partial charge < -0.3 is 35.1 Å². The number of hydrazine groups is 1. The Kier molecular flexibility index (Phi) is 14.2. The number of methoxy groups -OCH3 is 1. The van der Waals surface area contributed by atoms with Gasteiger partial charge in [-0.1, -0.05) is 52.7 Å². The molecule has 4 aromatic rings. The van der Waals surface area contributed by atoms with Gasteiger partial charge in [0.15, 0.2) is 0 Å². The van der Waals surface area contributed by atoms with E-state index in [1.807, 2.05) is 39.0 Å². The molecule has 2 aromatic carbocycles. The molecule has 6 bridgehead atoms. The number of pyridine rings is 1. The second-order valence-electron chi connectivity index (χ2n) is 19.2. The fraction of sp³-hybridized carbons (Fsp3) is 0.540. The van der Waals surface area contributed by atoms with Crippen LogP contribution in [0.15, 0.2) is 54.7 Å². The summed E-state index contributed by atoms with van der Waals surface area (Å²) in [5.74, 6) is -2.23. The molecule has 1 unspecified atom stereocenters. The first kappa shape index (κ1) is 46.7. The summed E-state index contributed by atoms with van der Waals surface area (Å²) in [5.41, 5.74) is 16.1. The highest BCUT2D eigenvalue weighted by molar-refractivity contribution is 5.96. The zero-order chi connectivity index (χ0) is 46.0. The minimum Gasteiger partial charge on any atom is -0.508 e. The number of rotatable bonds is 9. The lowest BCUT2D eigenvalue weighted by molar-refractivity contribution is -0.155. The highest BCUT2D eigenvalue weighted by atomic mass is 16.5. The number of aryl methyl sites for hydroxylation is 1. The number of carbonyl (C=O) groups excluding carboxylic acids is 4. The molecule has 3 amide bonds. The monoisotopic (exact) mass is 878 g/mol. The molecule has 6 atom stereocenters. The maximum absolute atomic E-state index is 14.7. The van der Waals surface area contributed by atoms with Gasteiger partial charge in [0.2, 0.25) is 11.8 Å². The Bertz CT molecular complexity index is 2380. The number of nitrogens with one attached hydrogen (secondary N) is 2. The van der Waals surface area contributed by atoms with E-state index in [1.54, 1.807) is 32.5 Å². The predicted molar refractivity (Wildman–Crippen MR) is 247 cm³/mol. The number of phenolic OH excluding ortho intramolecular Hbond substituents is 1. The Morgan fingerprint density at radius 2 is 1.83 bits per heavy atom. The minimum absolute atomic E-state index is 0.00868. The van der Waals surface area contributed by atoms with Crippen molar-refractivity contribution >= 4 is 34.6 Å². The molecule has 5 N–H and O–H groups in total. The van der Waals surface area contributed by atoms with E-state index in [2.05, 4.69) is 54.3 Å². The third kappa shape index (κ3) is 9.69. The van der Waals surface area contributed by atoms with Crippen LogP contribution in [0.2, 0.25) is 0 Å². The van der Waals surface area contributed by atoms with Crippen molar-refractivity contribution < 1.29 is 33.8 Å². The van der Waals surface area contributed by atoms with Crippen molar-refractivity contribution in [1.29, 1.82) is 0 Å². The van der Waals surface area contributed by atoms with Gasteiger partial charge in [0.25, 0.3) is 5.91 Å². The molecular formula is C50H67N7O7. The molecule has 64 heavy (non-hydrogen) atoms. The van der Waals surface area contributed by atoms with Gasteiger partial charge in [0.05, 0.1) is 30.0 Å². The summed E-state index contributed by atoms with van der Waals surface area (Å²) < 4.78 is 14.2. The Labute approximate surface area is 377 Å². The lowest BCUT2D eigenvalue weighted by atomic mass is 9.83. The Morgan fingerprint density at radius 1 is 1.06 bits per heavy atom. The van der Waals surface area contributed by atoms with Crippen LogP contribution >= 0.6 is 0 Å². The van der Waals surface area contributed by atoms with Crippen LogP contribution in [0.3, 0.4) is 0 Å². The van der Waals surface area contributed by atoms with Crippen LogP contribution in [0.5, 0.6) is 5.75 Å². The summed E-state index contributed by atoms with van der Waals surface area (Å²) in [5, 5.41) is 16.8. The van der Waals surface area contributed by atoms with E-state index >= 15 is 0 Å². The largest absolute Gasteiger partial charge is 0.508 e. The van der Waals surface area contributed by atoms with Gasteiger partial charge in [0, 0.05) is 67.8 Å². The number of nitrogens with zero attached hydrogens (tertiary/aromatic N) is 4. The van der Waals surface area contributed by atoms with E-state index in [4.69, 9.17) is 20.2 Å². The lowest BCUT2D eigenvalue weighted by Gasteiger charge is -2.38. The van der Waals surface area contributed by atoms with Gasteiger partial charge in [-0.15, -0.1) is 0 Å². The number of fused-ring (bicyclic) bond motifs is 6. The molecule has 14 heteroatoms. The maximum Gasteiger partial charge on any atom is 0.324 e. The number of likely N-dealkylation sites (N-methyl/N-ethyl adjacent to an activating group) is 1. The van der Waals surface area contributed by atoms with E-state index in [9.17, 15) is 24.3 Å². The summed E-state index contributed by atoms with van der Waals surface area (Å²) in [6, 6.07) is 12.5. The van der Waals surface area contributed by atoms with Crippen molar-refractivity contribution in [3.63, 3.8) is 0 Å². The maximum atomic E-state index is 14.7. The minimum atomic E-state index is -1.12. The normalized spacial score (nSPS) is 22.7. The van der Waals surface area contributed by atoms with Gasteiger partial charge in [-0.3, -0.25) is 29.2 Å². The standard InChI is InChI=1S/C50H67N7O7/c1-9-56-42-19-18-32-26-37(42)38(45(56)36-15-12-20-52-43(36)30(4)63-8)27-50(5,6)28-64-49(62)40-17-13-21-57(54-40)48(61)41(24-31-22-33(32)25-34(58)23-31)53-46(59)44(29(2)3)55(7)47(60)35-14-10-11-16-39(35)51/h12,15,18-20,22-23,25-26,29-30,35,39-41,44,54,58H,9-11,13-14,16-17,21,24,27-28,51H2,1-8H3,(H,53,59)/t30-,35?,39+,40-,41-,44-/m0/s1. The zero-order valence-electron chi connectivity index (χ0n) is 38.8. The van der Waals surface area contributed by atoms with Crippen molar-refractivity contribution in [1.82, 2.24) is 30.2 Å². The number of carbonyl (C=O) groups is 4. The number of cyclic esters (lactones) is 1. The molecule has 4 heterocycles. The molecule has 344 valence electrons. The molecular weight excluding hydrogens is 811 g/mol. The van der Waals surface area contributed by atoms with Crippen molar-refractivity contribution in [3.8, 4) is 28.1 Å². The fourth-order valence-corrected chi connectivity index (χ4v) is 10.1. The molecule has 7 rings (SSSR count). The first-order valence-corrected chi connectivity index (χ1v) is 23.0. The van der Waals surface area contributed by atoms with Crippen molar-refractivity contribution in [2.24, 2.45) is 23.0 Å². The van der Waals surface area contributed by atoms with E-state index in [0.29, 0.717) is 44.3 Å². The molecule has 14 nitrogen and oxygen atoms in total. The smallest absolute Gasteiger partial charge is 0.324 e. The predicted octanol–water partition coefficient (Wildman–Crippen LogP) is 6.45. The number of aromatic nitrogens is 2. The quantitative estimate of drug-likeness (QED) is 0.137. The number of hydrogen-bond acceptors (Lipinski definition) is 10. The number of aromatic hydroxyl groups is 1. The molecule has 3 aliphatic rings. The first-order valence-electron chi connectivity index (χ1n) is 23.0. The van der Waals surface area contributed by atoms with E-state index in [-0.39, 0.29) is 48.7 Å². The van der Waals surface area contributed by atoms with Crippen LogP contribution in [0, 0.1) is 17.3 Å². The van der Waals surface area contributed by atoms with E-state index in [1.165, 1.54) is 9.91 Å². The second kappa shape index (κ2) is 19.4. The summed E-state index contributed by atoms with van der Waals surface area (Å²) in [6.07, 6.45) is 6.35. The van der Waals surface area contributed by atoms with Gasteiger partial charge >= 0.3 is 5.97 Å². The Morgan fingerprint density at radius 3 is 2.55 bits per heavy atom. The summed E-state index contributed by atoms with van der Waals surface area (Å²) in [7, 11) is 3.32. The van der Waals surface area contributed by atoms with Crippen molar-refractivity contribution in [2.75, 3.05) is 27.3 Å². The van der Waals surface area contributed by atoms with Gasteiger partial charge in [-0.2, -0.15) is 0 Å². The van der Waals surface area contributed by atoms with Crippen LogP contribution in [0.4, 0.5) is 0 Å². The highest BCUT2D eigenvalue weighted by Crippen LogP contribution is 2.42. The third-order valence-corrected chi connectivity index (χ3v) is 13.5. The molecule has 2 fully saturated rings. The molecule has 1 saturated heterocycles. The molecule has 0 radical (unpaired) electrons. The van der Waals surface area contributed by atoms with Crippen LogP contribution in [-0.4, -0.2) is 99.7 Å². The van der Waals surface area contributed by atoms with Gasteiger partial charge in [0.1, 0.15) is 23.9 Å². The van der Waals surface area contributed by atoms with Crippen molar-refractivity contribution in [3.05, 3.63) is 71.5 Å². The van der Waals surface area contributed by atoms with Crippen molar-refractivity contribution in [2.45, 2.75) is 130 Å². The molecule has 1 aliphatic carbocycles. The highest BCUT2D eigenvalue weighted by Gasteiger charge is 2.40. The summed E-state index contributed by atoms with van der Waals surface area (Å²) >= 11 is 0. The number of phenols is 1. The van der Waals surface area contributed by atoms with Crippen LogP contribution in [-0.2, 0) is 48.0 Å². The average Bonchev–Trinajstić information content (AvgIpc) is 3.58.